The lowest BCUT2D eigenvalue weighted by molar-refractivity contribution is -0.142. The predicted octanol–water partition coefficient (Wildman–Crippen LogP) is -0.109. The fourth-order valence-corrected chi connectivity index (χ4v) is 1.39. The Morgan fingerprint density at radius 2 is 2.35 bits per heavy atom. The molecular formula is C9H12ClN5O2. The third-order valence-electron chi connectivity index (χ3n) is 2.32. The third-order valence-corrected chi connectivity index (χ3v) is 2.32. The van der Waals surface area contributed by atoms with Crippen molar-refractivity contribution in [2.24, 2.45) is 5.73 Å². The van der Waals surface area contributed by atoms with Crippen LogP contribution >= 0.6 is 12.4 Å². The van der Waals surface area contributed by atoms with Gasteiger partial charge in [-0.1, -0.05) is 0 Å². The fraction of sp³-hybridized carbons (Fsp3) is 0.333. The summed E-state index contributed by atoms with van der Waals surface area (Å²) in [6, 6.07) is 3.46. The molecule has 7 nitrogen and oxygen atoms in total. The van der Waals surface area contributed by atoms with Gasteiger partial charge in [-0.05, 0) is 35.0 Å². The second kappa shape index (κ2) is 4.64. The molecule has 0 saturated heterocycles. The number of aliphatic carboxylic acids is 1. The maximum absolute atomic E-state index is 10.9. The van der Waals surface area contributed by atoms with E-state index in [4.69, 9.17) is 10.8 Å². The number of aromatic nitrogens is 4. The molecular weight excluding hydrogens is 246 g/mol. The lowest BCUT2D eigenvalue weighted by atomic mass is 9.95. The van der Waals surface area contributed by atoms with Gasteiger partial charge < -0.3 is 10.8 Å². The average molecular weight is 258 g/mol. The van der Waals surface area contributed by atoms with E-state index >= 15 is 0 Å². The number of carboxylic acid groups (broad SMARTS) is 1. The van der Waals surface area contributed by atoms with Crippen LogP contribution < -0.4 is 5.73 Å². The van der Waals surface area contributed by atoms with Gasteiger partial charge in [-0.15, -0.1) is 17.5 Å². The molecule has 0 bridgehead atoms. The van der Waals surface area contributed by atoms with E-state index in [0.717, 1.165) is 5.56 Å². The molecule has 0 spiro atoms. The Morgan fingerprint density at radius 1 is 1.65 bits per heavy atom. The lowest BCUT2D eigenvalue weighted by Crippen LogP contribution is -2.46. The van der Waals surface area contributed by atoms with Crippen molar-refractivity contribution in [1.82, 2.24) is 20.0 Å². The van der Waals surface area contributed by atoms with Crippen LogP contribution in [-0.4, -0.2) is 36.7 Å². The van der Waals surface area contributed by atoms with E-state index in [-0.39, 0.29) is 18.8 Å². The van der Waals surface area contributed by atoms with Crippen LogP contribution in [-0.2, 0) is 11.2 Å². The number of tetrazole rings is 1. The predicted molar refractivity (Wildman–Crippen MR) is 62.0 cm³/mol. The molecule has 2 aromatic heterocycles. The first-order valence-electron chi connectivity index (χ1n) is 4.68. The van der Waals surface area contributed by atoms with Crippen LogP contribution in [0, 0.1) is 0 Å². The van der Waals surface area contributed by atoms with Crippen LogP contribution in [0.25, 0.3) is 5.65 Å². The van der Waals surface area contributed by atoms with Gasteiger partial charge in [-0.25, -0.2) is 4.52 Å². The maximum atomic E-state index is 10.9. The minimum absolute atomic E-state index is 0. The van der Waals surface area contributed by atoms with Crippen molar-refractivity contribution >= 4 is 24.0 Å². The van der Waals surface area contributed by atoms with Gasteiger partial charge in [0.1, 0.15) is 5.54 Å². The summed E-state index contributed by atoms with van der Waals surface area (Å²) in [5.41, 5.74) is 5.72. The minimum atomic E-state index is -1.29. The summed E-state index contributed by atoms with van der Waals surface area (Å²) in [7, 11) is 0. The molecule has 0 radical (unpaired) electrons. The SMILES string of the molecule is C[C@](N)(Cc1ccn2nnnc2c1)C(=O)O.Cl. The molecule has 92 valence electrons. The summed E-state index contributed by atoms with van der Waals surface area (Å²) in [4.78, 5) is 10.9. The molecule has 0 aliphatic carbocycles. The van der Waals surface area contributed by atoms with Crippen molar-refractivity contribution < 1.29 is 9.90 Å². The molecule has 0 aliphatic heterocycles. The molecule has 3 N–H and O–H groups in total. The Morgan fingerprint density at radius 3 is 3.00 bits per heavy atom. The van der Waals surface area contributed by atoms with Crippen molar-refractivity contribution in [2.75, 3.05) is 0 Å². The molecule has 0 aromatic carbocycles. The quantitative estimate of drug-likeness (QED) is 0.795. The standard InChI is InChI=1S/C9H11N5O2.ClH/c1-9(10,8(15)16)5-6-2-3-14-7(4-6)11-12-13-14;/h2-4H,5,10H2,1H3,(H,15,16);1H/t9-;/m0./s1. The number of rotatable bonds is 3. The Bertz CT molecular complexity index is 539. The summed E-state index contributed by atoms with van der Waals surface area (Å²) < 4.78 is 1.50. The van der Waals surface area contributed by atoms with E-state index in [1.165, 1.54) is 11.4 Å². The highest BCUT2D eigenvalue weighted by Crippen LogP contribution is 2.12. The number of nitrogens with two attached hydrogens (primary N) is 1. The van der Waals surface area contributed by atoms with Crippen molar-refractivity contribution in [3.63, 3.8) is 0 Å². The van der Waals surface area contributed by atoms with Gasteiger partial charge in [0.05, 0.1) is 0 Å². The van der Waals surface area contributed by atoms with Gasteiger partial charge >= 0.3 is 5.97 Å². The summed E-state index contributed by atoms with van der Waals surface area (Å²) in [6.07, 6.45) is 1.90. The second-order valence-electron chi connectivity index (χ2n) is 3.92. The molecule has 2 heterocycles. The van der Waals surface area contributed by atoms with Crippen molar-refractivity contribution in [1.29, 1.82) is 0 Å². The zero-order valence-electron chi connectivity index (χ0n) is 9.07. The molecule has 0 fully saturated rings. The molecule has 0 saturated carbocycles. The van der Waals surface area contributed by atoms with Crippen LogP contribution in [0.15, 0.2) is 18.3 Å². The Labute approximate surface area is 103 Å². The van der Waals surface area contributed by atoms with E-state index in [9.17, 15) is 4.79 Å². The Kier molecular flexibility index (Phi) is 3.64. The van der Waals surface area contributed by atoms with Crippen LogP contribution in [0.4, 0.5) is 0 Å². The molecule has 8 heteroatoms. The van der Waals surface area contributed by atoms with E-state index in [1.54, 1.807) is 18.3 Å². The lowest BCUT2D eigenvalue weighted by Gasteiger charge is -2.18. The largest absolute Gasteiger partial charge is 0.480 e. The zero-order valence-corrected chi connectivity index (χ0v) is 9.89. The van der Waals surface area contributed by atoms with Crippen LogP contribution in [0.3, 0.4) is 0 Å². The molecule has 2 rings (SSSR count). The molecule has 1 atom stereocenters. The Balaban J connectivity index is 0.00000144. The number of carbonyl (C=O) groups is 1. The number of hydrogen-bond acceptors (Lipinski definition) is 5. The molecule has 2 aromatic rings. The van der Waals surface area contributed by atoms with Crippen molar-refractivity contribution in [3.05, 3.63) is 23.9 Å². The summed E-state index contributed by atoms with van der Waals surface area (Å²) >= 11 is 0. The second-order valence-corrected chi connectivity index (χ2v) is 3.92. The van der Waals surface area contributed by atoms with Crippen LogP contribution in [0.2, 0.25) is 0 Å². The van der Waals surface area contributed by atoms with Crippen LogP contribution in [0.5, 0.6) is 0 Å². The minimum Gasteiger partial charge on any atom is -0.480 e. The van der Waals surface area contributed by atoms with E-state index in [1.807, 2.05) is 0 Å². The summed E-state index contributed by atoms with van der Waals surface area (Å²) in [5, 5.41) is 19.9. The van der Waals surface area contributed by atoms with Gasteiger partial charge in [-0.2, -0.15) is 0 Å². The molecule has 0 unspecified atom stereocenters. The average Bonchev–Trinajstić information content (AvgIpc) is 2.63. The van der Waals surface area contributed by atoms with E-state index < -0.39 is 11.5 Å². The highest BCUT2D eigenvalue weighted by Gasteiger charge is 2.28. The maximum Gasteiger partial charge on any atom is 0.323 e. The van der Waals surface area contributed by atoms with Gasteiger partial charge in [0.15, 0.2) is 5.65 Å². The number of carboxylic acids is 1. The van der Waals surface area contributed by atoms with Gasteiger partial charge in [0, 0.05) is 12.6 Å². The number of halogens is 1. The highest BCUT2D eigenvalue weighted by molar-refractivity contribution is 5.85. The first-order chi connectivity index (χ1) is 7.49. The van der Waals surface area contributed by atoms with Crippen molar-refractivity contribution in [2.45, 2.75) is 18.9 Å². The normalized spacial score (nSPS) is 14.0. The topological polar surface area (TPSA) is 106 Å². The van der Waals surface area contributed by atoms with E-state index in [0.29, 0.717) is 5.65 Å². The Hall–Kier alpha value is -1.73. The molecule has 0 amide bonds. The number of fused-ring (bicyclic) bond motifs is 1. The fourth-order valence-electron chi connectivity index (χ4n) is 1.39. The number of hydrogen-bond donors (Lipinski definition) is 2. The van der Waals surface area contributed by atoms with Gasteiger partial charge in [0.2, 0.25) is 0 Å². The molecule has 0 aliphatic rings. The first kappa shape index (κ1) is 13.3. The molecule has 17 heavy (non-hydrogen) atoms. The third kappa shape index (κ3) is 2.69. The number of pyridine rings is 1. The highest BCUT2D eigenvalue weighted by atomic mass is 35.5. The smallest absolute Gasteiger partial charge is 0.323 e. The van der Waals surface area contributed by atoms with Crippen LogP contribution in [0.1, 0.15) is 12.5 Å². The first-order valence-corrected chi connectivity index (χ1v) is 4.68. The van der Waals surface area contributed by atoms with Gasteiger partial charge in [0.25, 0.3) is 0 Å². The zero-order chi connectivity index (χ0) is 11.8. The number of nitrogens with zero attached hydrogens (tertiary/aromatic N) is 4. The summed E-state index contributed by atoms with van der Waals surface area (Å²) in [5.74, 6) is -1.04. The van der Waals surface area contributed by atoms with Crippen molar-refractivity contribution in [3.8, 4) is 0 Å². The summed E-state index contributed by atoms with van der Waals surface area (Å²) in [6.45, 7) is 1.47. The van der Waals surface area contributed by atoms with Gasteiger partial charge in [-0.3, -0.25) is 4.79 Å². The van der Waals surface area contributed by atoms with E-state index in [2.05, 4.69) is 15.5 Å². The monoisotopic (exact) mass is 257 g/mol.